The first-order valence-electron chi connectivity index (χ1n) is 14.2. The molecule has 1 aromatic heterocycles. The topological polar surface area (TPSA) is 98.8 Å². The van der Waals surface area contributed by atoms with E-state index in [2.05, 4.69) is 107 Å². The molecule has 3 aromatic carbocycles. The van der Waals surface area contributed by atoms with E-state index < -0.39 is 0 Å². The Kier molecular flexibility index (Phi) is 8.71. The molecule has 8 nitrogen and oxygen atoms in total. The first-order chi connectivity index (χ1) is 19.3. The first-order valence-corrected chi connectivity index (χ1v) is 14.2. The lowest BCUT2D eigenvalue weighted by molar-refractivity contribution is 0.262. The molecule has 41 heavy (non-hydrogen) atoms. The van der Waals surface area contributed by atoms with Crippen molar-refractivity contribution in [1.29, 1.82) is 0 Å². The lowest BCUT2D eigenvalue weighted by Crippen LogP contribution is -2.67. The summed E-state index contributed by atoms with van der Waals surface area (Å²) >= 11 is 0. The molecular formula is C29H39B4N7O. The fraction of sp³-hybridized carbons (Fsp3) is 0.310. The highest BCUT2D eigenvalue weighted by Crippen LogP contribution is 2.41. The minimum absolute atomic E-state index is 0.220. The zero-order chi connectivity index (χ0) is 29.9. The lowest BCUT2D eigenvalue weighted by Gasteiger charge is -2.56. The fourth-order valence-corrected chi connectivity index (χ4v) is 5.01. The molecule has 0 radical (unpaired) electrons. The van der Waals surface area contributed by atoms with E-state index in [-0.39, 0.29) is 16.7 Å². The van der Waals surface area contributed by atoms with Crippen molar-refractivity contribution in [1.82, 2.24) is 20.6 Å². The number of hydrogen-bond acceptors (Lipinski definition) is 5. The van der Waals surface area contributed by atoms with Crippen LogP contribution in [0.5, 0.6) is 0 Å². The molecule has 4 aromatic rings. The van der Waals surface area contributed by atoms with Gasteiger partial charge in [-0.2, -0.15) is 0 Å². The van der Waals surface area contributed by atoms with Gasteiger partial charge in [-0.05, 0) is 75.3 Å². The second-order valence-electron chi connectivity index (χ2n) is 12.4. The number of nitrogens with one attached hydrogen (secondary N) is 3. The monoisotopic (exact) mass is 545 g/mol. The first kappa shape index (κ1) is 30.0. The molecule has 0 unspecified atom stereocenters. The third-order valence-corrected chi connectivity index (χ3v) is 8.61. The molecule has 1 heterocycles. The molecule has 0 spiro atoms. The maximum atomic E-state index is 13.4. The van der Waals surface area contributed by atoms with Crippen LogP contribution in [0.15, 0.2) is 66.7 Å². The Morgan fingerprint density at radius 2 is 1.46 bits per heavy atom. The molecular weight excluding hydrogens is 506 g/mol. The summed E-state index contributed by atoms with van der Waals surface area (Å²) in [5.41, 5.74) is 6.32. The van der Waals surface area contributed by atoms with Crippen LogP contribution in [0.2, 0.25) is 0 Å². The van der Waals surface area contributed by atoms with Crippen LogP contribution in [0.3, 0.4) is 0 Å². The number of urea groups is 1. The summed E-state index contributed by atoms with van der Waals surface area (Å²) < 4.78 is 0. The molecule has 0 aliphatic carbocycles. The number of aromatic nitrogens is 4. The van der Waals surface area contributed by atoms with E-state index >= 15 is 0 Å². The van der Waals surface area contributed by atoms with Crippen molar-refractivity contribution in [3.8, 4) is 22.5 Å². The van der Waals surface area contributed by atoms with Crippen molar-refractivity contribution < 1.29 is 4.79 Å². The summed E-state index contributed by atoms with van der Waals surface area (Å²) in [4.78, 5) is 15.9. The molecule has 4 rings (SSSR count). The van der Waals surface area contributed by atoms with Crippen molar-refractivity contribution >= 4 is 54.5 Å². The third-order valence-electron chi connectivity index (χ3n) is 8.61. The average molecular weight is 545 g/mol. The fourth-order valence-electron chi connectivity index (χ4n) is 5.01. The SMILES string of the molecule is BC(B)(C(C)C)N(c1ccc(-c2ccccc2-c2nnn[nH]2)cc1NC(=O)Nc1ccc(C)cc1)C(B)(B)C(C)C. The molecule has 0 fully saturated rings. The molecule has 0 atom stereocenters. The molecule has 208 valence electrons. The van der Waals surface area contributed by atoms with Crippen molar-refractivity contribution in [3.05, 3.63) is 72.3 Å². The lowest BCUT2D eigenvalue weighted by atomic mass is 9.46. The zero-order valence-corrected chi connectivity index (χ0v) is 25.7. The minimum atomic E-state index is -0.301. The molecule has 0 aliphatic rings. The minimum Gasteiger partial charge on any atom is -0.390 e. The van der Waals surface area contributed by atoms with Gasteiger partial charge in [0.25, 0.3) is 0 Å². The maximum Gasteiger partial charge on any atom is 0.323 e. The van der Waals surface area contributed by atoms with Crippen molar-refractivity contribution in [2.45, 2.75) is 45.3 Å². The van der Waals surface area contributed by atoms with Gasteiger partial charge >= 0.3 is 6.03 Å². The molecule has 0 bridgehead atoms. The largest absolute Gasteiger partial charge is 0.390 e. The van der Waals surface area contributed by atoms with Gasteiger partial charge in [-0.25, -0.2) is 9.89 Å². The van der Waals surface area contributed by atoms with Gasteiger partial charge in [0.15, 0.2) is 5.82 Å². The van der Waals surface area contributed by atoms with E-state index in [0.717, 1.165) is 39.3 Å². The number of benzene rings is 3. The molecule has 0 saturated heterocycles. The van der Waals surface area contributed by atoms with Crippen LogP contribution in [0.4, 0.5) is 21.9 Å². The average Bonchev–Trinajstić information content (AvgIpc) is 3.45. The Hall–Kier alpha value is -3.94. The van der Waals surface area contributed by atoms with Crippen LogP contribution < -0.4 is 15.5 Å². The second kappa shape index (κ2) is 11.9. The summed E-state index contributed by atoms with van der Waals surface area (Å²) in [5, 5.41) is 20.3. The van der Waals surface area contributed by atoms with Crippen LogP contribution in [0.1, 0.15) is 33.3 Å². The number of H-pyrrole nitrogens is 1. The standard InChI is InChI=1S/C29H39B4N7O/c1-17(2)28(30,31)40(29(32,33)18(3)4)25-15-12-20(22-8-6-7-9-23(22)26-36-38-39-37-26)16-24(25)35-27(41)34-21-13-10-19(5)11-14-21/h6-18H,30-33H2,1-5H3,(H2,34,35,41)(H,36,37,38,39). The van der Waals surface area contributed by atoms with Crippen LogP contribution in [0.25, 0.3) is 22.5 Å². The van der Waals surface area contributed by atoms with Gasteiger partial charge < -0.3 is 15.5 Å². The quantitative estimate of drug-likeness (QED) is 0.281. The Bertz CT molecular complexity index is 1470. The van der Waals surface area contributed by atoms with Crippen molar-refractivity contribution in [2.24, 2.45) is 11.8 Å². The predicted octanol–water partition coefficient (Wildman–Crippen LogP) is 2.44. The molecule has 3 N–H and O–H groups in total. The number of tetrazole rings is 1. The smallest absolute Gasteiger partial charge is 0.323 e. The van der Waals surface area contributed by atoms with Gasteiger partial charge in [-0.3, -0.25) is 0 Å². The van der Waals surface area contributed by atoms with E-state index in [1.54, 1.807) is 0 Å². The number of nitrogens with zero attached hydrogens (tertiary/aromatic N) is 4. The van der Waals surface area contributed by atoms with E-state index in [4.69, 9.17) is 0 Å². The van der Waals surface area contributed by atoms with Gasteiger partial charge in [-0.1, -0.05) is 75.7 Å². The number of carbonyl (C=O) groups excluding carboxylic acids is 1. The van der Waals surface area contributed by atoms with E-state index in [1.807, 2.05) is 61.5 Å². The van der Waals surface area contributed by atoms with Gasteiger partial charge in [0.2, 0.25) is 0 Å². The van der Waals surface area contributed by atoms with E-state index in [9.17, 15) is 4.79 Å². The van der Waals surface area contributed by atoms with Crippen LogP contribution >= 0.6 is 0 Å². The Balaban J connectivity index is 1.87. The zero-order valence-electron chi connectivity index (χ0n) is 25.7. The van der Waals surface area contributed by atoms with E-state index in [0.29, 0.717) is 17.7 Å². The van der Waals surface area contributed by atoms with E-state index in [1.165, 1.54) is 0 Å². The number of hydrogen-bond donors (Lipinski definition) is 3. The number of carbonyl (C=O) groups is 1. The van der Waals surface area contributed by atoms with Crippen LogP contribution in [-0.4, -0.2) is 68.7 Å². The summed E-state index contributed by atoms with van der Waals surface area (Å²) in [6, 6.07) is 21.7. The molecule has 2 amide bonds. The van der Waals surface area contributed by atoms with Crippen LogP contribution in [-0.2, 0) is 0 Å². The maximum absolute atomic E-state index is 13.4. The van der Waals surface area contributed by atoms with Gasteiger partial charge in [0.05, 0.1) is 11.4 Å². The van der Waals surface area contributed by atoms with Crippen LogP contribution in [0, 0.1) is 18.8 Å². The number of amides is 2. The predicted molar refractivity (Wildman–Crippen MR) is 181 cm³/mol. The van der Waals surface area contributed by atoms with Gasteiger partial charge in [0.1, 0.15) is 31.4 Å². The van der Waals surface area contributed by atoms with Gasteiger partial charge in [0, 0.05) is 11.3 Å². The Morgan fingerprint density at radius 3 is 2.02 bits per heavy atom. The van der Waals surface area contributed by atoms with Gasteiger partial charge in [-0.15, -0.1) is 5.10 Å². The van der Waals surface area contributed by atoms with Crippen molar-refractivity contribution in [3.63, 3.8) is 0 Å². The Labute approximate surface area is 247 Å². The number of aromatic amines is 1. The summed E-state index contributed by atoms with van der Waals surface area (Å²) in [6.45, 7) is 11.0. The summed E-state index contributed by atoms with van der Waals surface area (Å²) in [7, 11) is 9.10. The second-order valence-corrected chi connectivity index (χ2v) is 12.4. The highest BCUT2D eigenvalue weighted by Gasteiger charge is 2.42. The molecule has 0 aliphatic heterocycles. The third kappa shape index (κ3) is 6.37. The summed E-state index contributed by atoms with van der Waals surface area (Å²) in [6.07, 6.45) is 0. The van der Waals surface area contributed by atoms with Crippen molar-refractivity contribution in [2.75, 3.05) is 15.5 Å². The summed E-state index contributed by atoms with van der Waals surface area (Å²) in [5.74, 6) is 1.27. The number of aryl methyl sites for hydroxylation is 1. The molecule has 12 heteroatoms. The normalized spacial score (nSPS) is 12.0. The number of rotatable bonds is 9. The number of anilines is 3. The Morgan fingerprint density at radius 1 is 0.854 bits per heavy atom. The molecule has 0 saturated carbocycles. The highest BCUT2D eigenvalue weighted by molar-refractivity contribution is 6.47. The highest BCUT2D eigenvalue weighted by atomic mass is 16.2.